The largest absolute Gasteiger partial charge is 0.322 e. The second-order valence-corrected chi connectivity index (χ2v) is 7.49. The van der Waals surface area contributed by atoms with Gasteiger partial charge in [0.2, 0.25) is 11.8 Å². The molecule has 2 atom stereocenters. The fourth-order valence-electron chi connectivity index (χ4n) is 4.03. The van der Waals surface area contributed by atoms with E-state index >= 15 is 0 Å². The lowest BCUT2D eigenvalue weighted by molar-refractivity contribution is -0.384. The van der Waals surface area contributed by atoms with Crippen LogP contribution in [0.15, 0.2) is 60.2 Å². The van der Waals surface area contributed by atoms with Crippen LogP contribution in [0, 0.1) is 22.0 Å². The molecule has 0 saturated carbocycles. The van der Waals surface area contributed by atoms with E-state index in [2.05, 4.69) is 5.32 Å². The second-order valence-electron chi connectivity index (χ2n) is 7.49. The Hall–Kier alpha value is -3.81. The molecule has 2 aliphatic rings. The highest BCUT2D eigenvalue weighted by molar-refractivity contribution is 6.25. The third kappa shape index (κ3) is 3.36. The number of carbonyl (C=O) groups is 3. The van der Waals surface area contributed by atoms with Gasteiger partial charge in [-0.05, 0) is 38.0 Å². The van der Waals surface area contributed by atoms with Gasteiger partial charge in [0.15, 0.2) is 0 Å². The van der Waals surface area contributed by atoms with Crippen molar-refractivity contribution in [2.24, 2.45) is 11.8 Å². The molecule has 1 aliphatic heterocycles. The number of allylic oxidation sites excluding steroid dienone is 2. The number of nitro benzene ring substituents is 1. The van der Waals surface area contributed by atoms with Crippen LogP contribution in [0.2, 0.25) is 0 Å². The number of hydrogen-bond donors (Lipinski definition) is 1. The summed E-state index contributed by atoms with van der Waals surface area (Å²) in [6.07, 6.45) is 3.03. The third-order valence-corrected chi connectivity index (χ3v) is 5.53. The zero-order valence-electron chi connectivity index (χ0n) is 16.2. The number of amides is 3. The van der Waals surface area contributed by atoms with E-state index in [4.69, 9.17) is 0 Å². The molecule has 4 rings (SSSR count). The van der Waals surface area contributed by atoms with Crippen LogP contribution in [0.5, 0.6) is 0 Å². The predicted octanol–water partition coefficient (Wildman–Crippen LogP) is 3.69. The molecule has 1 N–H and O–H groups in total. The Balaban J connectivity index is 1.64. The first-order valence-electron chi connectivity index (χ1n) is 9.55. The van der Waals surface area contributed by atoms with Gasteiger partial charge in [0.25, 0.3) is 11.6 Å². The zero-order chi connectivity index (χ0) is 21.4. The van der Waals surface area contributed by atoms with E-state index < -0.39 is 22.7 Å². The van der Waals surface area contributed by atoms with Crippen LogP contribution in [-0.4, -0.2) is 22.6 Å². The number of carbonyl (C=O) groups excluding carboxylic acids is 3. The van der Waals surface area contributed by atoms with Gasteiger partial charge < -0.3 is 5.32 Å². The number of para-hydroxylation sites is 1. The Bertz CT molecular complexity index is 1110. The zero-order valence-corrected chi connectivity index (χ0v) is 16.2. The maximum atomic E-state index is 13.0. The number of anilines is 2. The molecule has 1 fully saturated rings. The van der Waals surface area contributed by atoms with Gasteiger partial charge in [-0.1, -0.05) is 29.8 Å². The van der Waals surface area contributed by atoms with Crippen LogP contribution in [0.25, 0.3) is 0 Å². The van der Waals surface area contributed by atoms with Crippen molar-refractivity contribution in [1.29, 1.82) is 0 Å². The summed E-state index contributed by atoms with van der Waals surface area (Å²) >= 11 is 0. The molecule has 0 unspecified atom stereocenters. The number of fused-ring (bicyclic) bond motifs is 1. The maximum Gasteiger partial charge on any atom is 0.271 e. The number of rotatable bonds is 4. The summed E-state index contributed by atoms with van der Waals surface area (Å²) in [6, 6.07) is 11.9. The van der Waals surface area contributed by atoms with Crippen LogP contribution in [0.4, 0.5) is 17.1 Å². The van der Waals surface area contributed by atoms with Gasteiger partial charge in [0.05, 0.1) is 28.0 Å². The van der Waals surface area contributed by atoms with E-state index in [1.54, 1.807) is 18.2 Å². The van der Waals surface area contributed by atoms with Crippen molar-refractivity contribution in [3.63, 3.8) is 0 Å². The lowest BCUT2D eigenvalue weighted by atomic mass is 9.82. The topological polar surface area (TPSA) is 110 Å². The van der Waals surface area contributed by atoms with Crippen molar-refractivity contribution in [3.8, 4) is 0 Å². The van der Waals surface area contributed by atoms with Gasteiger partial charge >= 0.3 is 0 Å². The smallest absolute Gasteiger partial charge is 0.271 e. The second kappa shape index (κ2) is 7.55. The number of imide groups is 1. The maximum absolute atomic E-state index is 13.0. The standard InChI is InChI=1S/C22H19N3O5/c1-13-9-10-16-18(11-13)22(28)24(21(16)27)19-8-3-2-7-17(19)20(26)23-14-5-4-6-15(12-14)25(29)30/h2-9,12,16,18H,10-11H2,1H3,(H,23,26)/t16-,18+/m0/s1. The van der Waals surface area contributed by atoms with E-state index in [9.17, 15) is 24.5 Å². The third-order valence-electron chi connectivity index (χ3n) is 5.53. The average molecular weight is 405 g/mol. The molecule has 30 heavy (non-hydrogen) atoms. The fourth-order valence-corrected chi connectivity index (χ4v) is 4.03. The first kappa shape index (κ1) is 19.5. The predicted molar refractivity (Wildman–Crippen MR) is 110 cm³/mol. The summed E-state index contributed by atoms with van der Waals surface area (Å²) in [6.45, 7) is 1.94. The van der Waals surface area contributed by atoms with Crippen molar-refractivity contribution >= 4 is 34.8 Å². The number of nitro groups is 1. The Kier molecular flexibility index (Phi) is 4.91. The number of nitrogens with one attached hydrogen (secondary N) is 1. The van der Waals surface area contributed by atoms with Crippen molar-refractivity contribution in [1.82, 2.24) is 0 Å². The van der Waals surface area contributed by atoms with Crippen LogP contribution in [-0.2, 0) is 9.59 Å². The highest BCUT2D eigenvalue weighted by Crippen LogP contribution is 2.40. The van der Waals surface area contributed by atoms with E-state index in [-0.39, 0.29) is 34.4 Å². The summed E-state index contributed by atoms with van der Waals surface area (Å²) < 4.78 is 0. The number of non-ortho nitro benzene ring substituents is 1. The molecule has 2 aromatic rings. The summed E-state index contributed by atoms with van der Waals surface area (Å²) in [5, 5.41) is 13.6. The van der Waals surface area contributed by atoms with Gasteiger partial charge in [-0.2, -0.15) is 0 Å². The van der Waals surface area contributed by atoms with E-state index in [1.165, 1.54) is 30.3 Å². The molecule has 0 bridgehead atoms. The fraction of sp³-hybridized carbons (Fsp3) is 0.227. The molecule has 0 radical (unpaired) electrons. The Morgan fingerprint density at radius 2 is 1.83 bits per heavy atom. The van der Waals surface area contributed by atoms with Gasteiger partial charge in [-0.15, -0.1) is 0 Å². The SMILES string of the molecule is CC1=CC[C@@H]2C(=O)N(c3ccccc3C(=O)Nc3cccc([N+](=O)[O-])c3)C(=O)[C@@H]2C1. The minimum absolute atomic E-state index is 0.147. The van der Waals surface area contributed by atoms with Crippen LogP contribution in [0.3, 0.4) is 0 Å². The first-order valence-corrected chi connectivity index (χ1v) is 9.55. The minimum Gasteiger partial charge on any atom is -0.322 e. The lowest BCUT2D eigenvalue weighted by Crippen LogP contribution is -2.33. The van der Waals surface area contributed by atoms with Gasteiger partial charge in [-0.3, -0.25) is 24.5 Å². The van der Waals surface area contributed by atoms with Gasteiger partial charge in [0.1, 0.15) is 0 Å². The van der Waals surface area contributed by atoms with Crippen molar-refractivity contribution in [2.45, 2.75) is 19.8 Å². The van der Waals surface area contributed by atoms with Crippen molar-refractivity contribution in [3.05, 3.63) is 75.9 Å². The summed E-state index contributed by atoms with van der Waals surface area (Å²) in [5.41, 5.74) is 1.54. The lowest BCUT2D eigenvalue weighted by Gasteiger charge is -2.19. The molecule has 2 aromatic carbocycles. The molecule has 8 nitrogen and oxygen atoms in total. The molecule has 0 spiro atoms. The molecule has 1 saturated heterocycles. The average Bonchev–Trinajstić information content (AvgIpc) is 2.97. The Labute approximate surface area is 172 Å². The molecule has 8 heteroatoms. The van der Waals surface area contributed by atoms with Gasteiger partial charge in [-0.25, -0.2) is 4.90 Å². The normalized spacial score (nSPS) is 20.6. The number of benzene rings is 2. The highest BCUT2D eigenvalue weighted by Gasteiger charge is 2.49. The molecule has 3 amide bonds. The molecule has 1 heterocycles. The summed E-state index contributed by atoms with van der Waals surface area (Å²) in [5.74, 6) is -1.97. The molecule has 1 aliphatic carbocycles. The molecule has 0 aromatic heterocycles. The quantitative estimate of drug-likeness (QED) is 0.361. The first-order chi connectivity index (χ1) is 14.4. The Morgan fingerprint density at radius 1 is 1.10 bits per heavy atom. The molecular weight excluding hydrogens is 386 g/mol. The van der Waals surface area contributed by atoms with Gasteiger partial charge in [0, 0.05) is 17.8 Å². The molecular formula is C22H19N3O5. The minimum atomic E-state index is -0.559. The van der Waals surface area contributed by atoms with Crippen LogP contribution < -0.4 is 10.2 Å². The Morgan fingerprint density at radius 3 is 2.60 bits per heavy atom. The summed E-state index contributed by atoms with van der Waals surface area (Å²) in [4.78, 5) is 50.4. The van der Waals surface area contributed by atoms with E-state index in [1.807, 2.05) is 13.0 Å². The summed E-state index contributed by atoms with van der Waals surface area (Å²) in [7, 11) is 0. The van der Waals surface area contributed by atoms with E-state index in [0.717, 1.165) is 10.5 Å². The van der Waals surface area contributed by atoms with E-state index in [0.29, 0.717) is 12.8 Å². The van der Waals surface area contributed by atoms with Crippen LogP contribution in [0.1, 0.15) is 30.1 Å². The molecule has 152 valence electrons. The highest BCUT2D eigenvalue weighted by atomic mass is 16.6. The number of nitrogens with zero attached hydrogens (tertiary/aromatic N) is 2. The monoisotopic (exact) mass is 405 g/mol. The van der Waals surface area contributed by atoms with Crippen molar-refractivity contribution < 1.29 is 19.3 Å². The van der Waals surface area contributed by atoms with Crippen molar-refractivity contribution in [2.75, 3.05) is 10.2 Å². The number of hydrogen-bond acceptors (Lipinski definition) is 5. The van der Waals surface area contributed by atoms with Crippen LogP contribution >= 0.6 is 0 Å².